The van der Waals surface area contributed by atoms with Crippen LogP contribution in [0.25, 0.3) is 11.4 Å². The van der Waals surface area contributed by atoms with Gasteiger partial charge in [0, 0.05) is 43.4 Å². The Labute approximate surface area is 146 Å². The Morgan fingerprint density at radius 2 is 1.84 bits per heavy atom. The van der Waals surface area contributed by atoms with E-state index < -0.39 is 0 Å². The van der Waals surface area contributed by atoms with E-state index in [0.717, 1.165) is 47.7 Å². The maximum absolute atomic E-state index is 9.64. The summed E-state index contributed by atoms with van der Waals surface area (Å²) in [6.07, 6.45) is 2.80. The Bertz CT molecular complexity index is 897. The van der Waals surface area contributed by atoms with Crippen molar-refractivity contribution in [2.24, 2.45) is 0 Å². The molecule has 1 aromatic heterocycles. The number of aromatic nitrogens is 2. The minimum atomic E-state index is -0.0884. The van der Waals surface area contributed by atoms with Crippen molar-refractivity contribution in [2.75, 3.05) is 6.54 Å². The van der Waals surface area contributed by atoms with Gasteiger partial charge in [0.1, 0.15) is 0 Å². The summed E-state index contributed by atoms with van der Waals surface area (Å²) in [5.74, 6) is 0.608. The molecule has 126 valence electrons. The molecule has 0 unspecified atom stereocenters. The maximum Gasteiger partial charge on any atom is 0.159 e. The van der Waals surface area contributed by atoms with Crippen LogP contribution >= 0.6 is 0 Å². The van der Waals surface area contributed by atoms with Crippen LogP contribution in [-0.4, -0.2) is 31.6 Å². The molecule has 2 aromatic carbocycles. The van der Waals surface area contributed by atoms with Gasteiger partial charge < -0.3 is 10.2 Å². The van der Waals surface area contributed by atoms with Crippen LogP contribution in [0.4, 0.5) is 0 Å². The molecule has 0 saturated heterocycles. The average Bonchev–Trinajstić information content (AvgIpc) is 2.65. The second-order valence-corrected chi connectivity index (χ2v) is 6.32. The quantitative estimate of drug-likeness (QED) is 0.721. The van der Waals surface area contributed by atoms with Gasteiger partial charge in [-0.25, -0.2) is 9.97 Å². The standard InChI is InChI=1S/C20H19N3O2/c24-18-7-6-14(10-19(18)25)12-23-9-8-17-16(13-23)11-21-20(22-17)15-4-2-1-3-5-15/h1-7,10-11,24-25H,8-9,12-13H2. The van der Waals surface area contributed by atoms with Gasteiger partial charge in [-0.05, 0) is 17.7 Å². The fraction of sp³-hybridized carbons (Fsp3) is 0.200. The van der Waals surface area contributed by atoms with E-state index in [-0.39, 0.29) is 11.5 Å². The van der Waals surface area contributed by atoms with Gasteiger partial charge in [-0.2, -0.15) is 0 Å². The Kier molecular flexibility index (Phi) is 4.07. The average molecular weight is 333 g/mol. The molecule has 2 N–H and O–H groups in total. The molecule has 4 rings (SSSR count). The molecule has 0 spiro atoms. The van der Waals surface area contributed by atoms with E-state index in [1.807, 2.05) is 42.6 Å². The van der Waals surface area contributed by atoms with Crippen molar-refractivity contribution in [3.8, 4) is 22.9 Å². The van der Waals surface area contributed by atoms with Gasteiger partial charge in [0.2, 0.25) is 0 Å². The zero-order chi connectivity index (χ0) is 17.2. The normalized spacial score (nSPS) is 14.2. The molecule has 0 aliphatic carbocycles. The molecule has 5 heteroatoms. The minimum Gasteiger partial charge on any atom is -0.504 e. The number of hydrogen-bond acceptors (Lipinski definition) is 5. The number of phenolic OH excluding ortho intramolecular Hbond substituents is 2. The van der Waals surface area contributed by atoms with E-state index in [0.29, 0.717) is 6.54 Å². The van der Waals surface area contributed by atoms with Crippen molar-refractivity contribution < 1.29 is 10.2 Å². The highest BCUT2D eigenvalue weighted by molar-refractivity contribution is 5.54. The first-order valence-corrected chi connectivity index (χ1v) is 8.32. The molecule has 1 aliphatic heterocycles. The van der Waals surface area contributed by atoms with Crippen LogP contribution in [0, 0.1) is 0 Å². The van der Waals surface area contributed by atoms with Crippen molar-refractivity contribution in [3.63, 3.8) is 0 Å². The van der Waals surface area contributed by atoms with Crippen molar-refractivity contribution in [1.82, 2.24) is 14.9 Å². The van der Waals surface area contributed by atoms with E-state index in [4.69, 9.17) is 4.98 Å². The largest absolute Gasteiger partial charge is 0.504 e. The molecule has 2 heterocycles. The molecule has 0 fully saturated rings. The third-order valence-corrected chi connectivity index (χ3v) is 4.49. The first-order chi connectivity index (χ1) is 12.2. The molecular weight excluding hydrogens is 314 g/mol. The second-order valence-electron chi connectivity index (χ2n) is 6.32. The molecule has 25 heavy (non-hydrogen) atoms. The Morgan fingerprint density at radius 1 is 1.00 bits per heavy atom. The summed E-state index contributed by atoms with van der Waals surface area (Å²) in [6, 6.07) is 15.0. The van der Waals surface area contributed by atoms with Gasteiger partial charge in [-0.3, -0.25) is 4.90 Å². The minimum absolute atomic E-state index is 0.0780. The van der Waals surface area contributed by atoms with Crippen LogP contribution in [0.1, 0.15) is 16.8 Å². The molecule has 0 saturated carbocycles. The Balaban J connectivity index is 1.51. The lowest BCUT2D eigenvalue weighted by atomic mass is 10.1. The summed E-state index contributed by atoms with van der Waals surface area (Å²) in [7, 11) is 0. The summed E-state index contributed by atoms with van der Waals surface area (Å²) >= 11 is 0. The van der Waals surface area contributed by atoms with E-state index >= 15 is 0 Å². The van der Waals surface area contributed by atoms with Crippen LogP contribution in [0.15, 0.2) is 54.7 Å². The second kappa shape index (κ2) is 6.53. The fourth-order valence-electron chi connectivity index (χ4n) is 3.16. The van der Waals surface area contributed by atoms with Gasteiger partial charge in [0.15, 0.2) is 17.3 Å². The summed E-state index contributed by atoms with van der Waals surface area (Å²) in [5.41, 5.74) is 4.26. The zero-order valence-electron chi connectivity index (χ0n) is 13.8. The SMILES string of the molecule is Oc1ccc(CN2CCc3nc(-c4ccccc4)ncc3C2)cc1O. The number of hydrogen-bond donors (Lipinski definition) is 2. The monoisotopic (exact) mass is 333 g/mol. The summed E-state index contributed by atoms with van der Waals surface area (Å²) < 4.78 is 0. The number of aromatic hydroxyl groups is 2. The third-order valence-electron chi connectivity index (χ3n) is 4.49. The summed E-state index contributed by atoms with van der Waals surface area (Å²) in [5, 5.41) is 19.1. The molecule has 5 nitrogen and oxygen atoms in total. The molecule has 0 bridgehead atoms. The van der Waals surface area contributed by atoms with E-state index in [1.165, 1.54) is 6.07 Å². The van der Waals surface area contributed by atoms with E-state index in [9.17, 15) is 10.2 Å². The van der Waals surface area contributed by atoms with E-state index in [2.05, 4.69) is 9.88 Å². The number of benzene rings is 2. The summed E-state index contributed by atoms with van der Waals surface area (Å²) in [4.78, 5) is 11.5. The van der Waals surface area contributed by atoms with Crippen LogP contribution in [-0.2, 0) is 19.5 Å². The maximum atomic E-state index is 9.64. The van der Waals surface area contributed by atoms with Crippen molar-refractivity contribution in [1.29, 1.82) is 0 Å². The van der Waals surface area contributed by atoms with Gasteiger partial charge in [-0.1, -0.05) is 36.4 Å². The molecule has 0 radical (unpaired) electrons. The van der Waals surface area contributed by atoms with Crippen molar-refractivity contribution in [2.45, 2.75) is 19.5 Å². The number of nitrogens with zero attached hydrogens (tertiary/aromatic N) is 3. The van der Waals surface area contributed by atoms with Crippen LogP contribution < -0.4 is 0 Å². The number of fused-ring (bicyclic) bond motifs is 1. The zero-order valence-corrected chi connectivity index (χ0v) is 13.8. The highest BCUT2D eigenvalue weighted by atomic mass is 16.3. The van der Waals surface area contributed by atoms with Crippen LogP contribution in [0.3, 0.4) is 0 Å². The smallest absolute Gasteiger partial charge is 0.159 e. The third kappa shape index (κ3) is 3.32. The summed E-state index contributed by atoms with van der Waals surface area (Å²) in [6.45, 7) is 2.40. The lowest BCUT2D eigenvalue weighted by Gasteiger charge is -2.28. The van der Waals surface area contributed by atoms with Crippen LogP contribution in [0.5, 0.6) is 11.5 Å². The van der Waals surface area contributed by atoms with Gasteiger partial charge in [-0.15, -0.1) is 0 Å². The highest BCUT2D eigenvalue weighted by Crippen LogP contribution is 2.27. The van der Waals surface area contributed by atoms with Crippen molar-refractivity contribution in [3.05, 3.63) is 71.5 Å². The highest BCUT2D eigenvalue weighted by Gasteiger charge is 2.19. The first-order valence-electron chi connectivity index (χ1n) is 8.32. The van der Waals surface area contributed by atoms with Crippen molar-refractivity contribution >= 4 is 0 Å². The predicted molar refractivity (Wildman–Crippen MR) is 95.1 cm³/mol. The van der Waals surface area contributed by atoms with Gasteiger partial charge >= 0.3 is 0 Å². The molecule has 0 amide bonds. The molecule has 3 aromatic rings. The Morgan fingerprint density at radius 3 is 2.64 bits per heavy atom. The van der Waals surface area contributed by atoms with E-state index in [1.54, 1.807) is 6.07 Å². The molecular formula is C20H19N3O2. The lowest BCUT2D eigenvalue weighted by molar-refractivity contribution is 0.242. The van der Waals surface area contributed by atoms with Gasteiger partial charge in [0.05, 0.1) is 5.69 Å². The van der Waals surface area contributed by atoms with Crippen LogP contribution in [0.2, 0.25) is 0 Å². The van der Waals surface area contributed by atoms with Gasteiger partial charge in [0.25, 0.3) is 0 Å². The topological polar surface area (TPSA) is 69.5 Å². The molecule has 0 atom stereocenters. The number of phenols is 2. The molecule has 1 aliphatic rings. The first kappa shape index (κ1) is 15.6. The lowest BCUT2D eigenvalue weighted by Crippen LogP contribution is -2.30. The predicted octanol–water partition coefficient (Wildman–Crippen LogP) is 3.11. The Hall–Kier alpha value is -2.92. The fourth-order valence-corrected chi connectivity index (χ4v) is 3.16. The number of rotatable bonds is 3.